The van der Waals surface area contributed by atoms with Crippen molar-refractivity contribution in [1.29, 1.82) is 0 Å². The van der Waals surface area contributed by atoms with Gasteiger partial charge in [0.2, 0.25) is 5.13 Å². The van der Waals surface area contributed by atoms with E-state index >= 15 is 0 Å². The predicted octanol–water partition coefficient (Wildman–Crippen LogP) is 5.48. The van der Waals surface area contributed by atoms with Gasteiger partial charge < -0.3 is 9.47 Å². The Labute approximate surface area is 178 Å². The molecule has 3 aromatic rings. The van der Waals surface area contributed by atoms with Crippen molar-refractivity contribution in [3.63, 3.8) is 0 Å². The van der Waals surface area contributed by atoms with Crippen LogP contribution in [-0.4, -0.2) is 30.4 Å². The van der Waals surface area contributed by atoms with E-state index in [1.807, 2.05) is 50.2 Å². The van der Waals surface area contributed by atoms with E-state index in [2.05, 4.69) is 15.5 Å². The minimum atomic E-state index is -0.439. The molecule has 3 rings (SSSR count). The monoisotopic (exact) mass is 429 g/mol. The van der Waals surface area contributed by atoms with Crippen molar-refractivity contribution >= 4 is 40.3 Å². The number of rotatable bonds is 7. The van der Waals surface area contributed by atoms with Crippen LogP contribution in [0.2, 0.25) is 5.02 Å². The summed E-state index contributed by atoms with van der Waals surface area (Å²) in [4.78, 5) is 17.0. The predicted molar refractivity (Wildman–Crippen MR) is 117 cm³/mol. The summed E-state index contributed by atoms with van der Waals surface area (Å²) in [6.07, 6.45) is 1.66. The van der Waals surface area contributed by atoms with E-state index in [4.69, 9.17) is 21.1 Å². The van der Waals surface area contributed by atoms with Crippen LogP contribution in [0.3, 0.4) is 0 Å². The smallest absolute Gasteiger partial charge is 0.350 e. The van der Waals surface area contributed by atoms with Gasteiger partial charge in [-0.25, -0.2) is 9.78 Å². The highest BCUT2D eigenvalue weighted by molar-refractivity contribution is 7.17. The maximum absolute atomic E-state index is 12.1. The molecule has 0 amide bonds. The van der Waals surface area contributed by atoms with Crippen molar-refractivity contribution in [1.82, 2.24) is 4.98 Å². The zero-order valence-electron chi connectivity index (χ0n) is 16.2. The lowest BCUT2D eigenvalue weighted by Gasteiger charge is -2.11. The molecule has 0 radical (unpaired) electrons. The van der Waals surface area contributed by atoms with Gasteiger partial charge in [0, 0.05) is 5.56 Å². The molecule has 0 atom stereocenters. The van der Waals surface area contributed by atoms with Crippen LogP contribution in [0.1, 0.15) is 29.1 Å². The van der Waals surface area contributed by atoms with Gasteiger partial charge in [0.05, 0.1) is 30.1 Å². The Kier molecular flexibility index (Phi) is 6.85. The van der Waals surface area contributed by atoms with E-state index < -0.39 is 5.97 Å². The fourth-order valence-electron chi connectivity index (χ4n) is 2.50. The van der Waals surface area contributed by atoms with Gasteiger partial charge in [-0.15, -0.1) is 0 Å². The second-order valence-corrected chi connectivity index (χ2v) is 7.69. The number of carbonyl (C=O) groups excluding carboxylic acids is 1. The lowest BCUT2D eigenvalue weighted by molar-refractivity contribution is 0.0607. The van der Waals surface area contributed by atoms with Crippen LogP contribution >= 0.6 is 22.9 Å². The fourth-order valence-corrected chi connectivity index (χ4v) is 3.59. The number of thiazole rings is 1. The van der Waals surface area contributed by atoms with E-state index in [0.29, 0.717) is 26.5 Å². The molecule has 150 valence electrons. The number of ether oxygens (including phenoxy) is 2. The van der Waals surface area contributed by atoms with Crippen LogP contribution in [0.4, 0.5) is 5.13 Å². The molecule has 1 N–H and O–H groups in total. The molecule has 1 heterocycles. The number of halogens is 1. The van der Waals surface area contributed by atoms with Crippen molar-refractivity contribution in [3.8, 4) is 17.0 Å². The second kappa shape index (κ2) is 9.54. The molecule has 0 fully saturated rings. The number of anilines is 1. The summed E-state index contributed by atoms with van der Waals surface area (Å²) in [5, 5.41) is 5.19. The standard InChI is InChI=1S/C21H20ClN3O3S/c1-13(2)28-17-10-9-14(11-16(17)22)12-23-25-21-24-18(15-7-5-4-6-8-15)19(29-21)20(26)27-3/h4-13H,1-3H3,(H,24,25)/b23-12-. The minimum Gasteiger partial charge on any atom is -0.489 e. The quantitative estimate of drug-likeness (QED) is 0.305. The molecule has 0 saturated carbocycles. The largest absolute Gasteiger partial charge is 0.489 e. The Morgan fingerprint density at radius 1 is 1.24 bits per heavy atom. The summed E-state index contributed by atoms with van der Waals surface area (Å²) in [5.74, 6) is 0.188. The van der Waals surface area contributed by atoms with Gasteiger partial charge >= 0.3 is 5.97 Å². The number of hydrogen-bond acceptors (Lipinski definition) is 7. The molecule has 6 nitrogen and oxygen atoms in total. The van der Waals surface area contributed by atoms with Crippen LogP contribution < -0.4 is 10.2 Å². The van der Waals surface area contributed by atoms with Crippen molar-refractivity contribution in [2.75, 3.05) is 12.5 Å². The Balaban J connectivity index is 1.78. The molecule has 0 aliphatic carbocycles. The number of aromatic nitrogens is 1. The summed E-state index contributed by atoms with van der Waals surface area (Å²) in [7, 11) is 1.35. The van der Waals surface area contributed by atoms with Crippen LogP contribution in [0, 0.1) is 0 Å². The third-order valence-corrected chi connectivity index (χ3v) is 4.97. The van der Waals surface area contributed by atoms with Crippen molar-refractivity contribution in [2.45, 2.75) is 20.0 Å². The topological polar surface area (TPSA) is 72.8 Å². The molecular formula is C21H20ClN3O3S. The average Bonchev–Trinajstić information content (AvgIpc) is 3.14. The van der Waals surface area contributed by atoms with Gasteiger partial charge in [-0.2, -0.15) is 5.10 Å². The number of methoxy groups -OCH3 is 1. The van der Waals surface area contributed by atoms with Crippen LogP contribution in [0.15, 0.2) is 53.6 Å². The maximum atomic E-state index is 12.1. The molecule has 0 spiro atoms. The molecule has 0 aliphatic rings. The van der Waals surface area contributed by atoms with Crippen LogP contribution in [0.5, 0.6) is 5.75 Å². The molecule has 2 aromatic carbocycles. The number of carbonyl (C=O) groups is 1. The highest BCUT2D eigenvalue weighted by Crippen LogP contribution is 2.31. The van der Waals surface area contributed by atoms with Crippen LogP contribution in [0.25, 0.3) is 11.3 Å². The summed E-state index contributed by atoms with van der Waals surface area (Å²) < 4.78 is 10.5. The number of hydrazone groups is 1. The van der Waals surface area contributed by atoms with Crippen molar-refractivity contribution < 1.29 is 14.3 Å². The van der Waals surface area contributed by atoms with Gasteiger partial charge in [-0.3, -0.25) is 5.43 Å². The van der Waals surface area contributed by atoms with Gasteiger partial charge in [-0.1, -0.05) is 53.3 Å². The van der Waals surface area contributed by atoms with Crippen molar-refractivity contribution in [3.05, 3.63) is 64.0 Å². The first-order valence-corrected chi connectivity index (χ1v) is 10.1. The molecule has 1 aromatic heterocycles. The van der Waals surface area contributed by atoms with E-state index in [1.54, 1.807) is 18.3 Å². The number of nitrogens with one attached hydrogen (secondary N) is 1. The minimum absolute atomic E-state index is 0.0430. The number of nitrogens with zero attached hydrogens (tertiary/aromatic N) is 2. The first kappa shape index (κ1) is 20.8. The number of benzene rings is 2. The third kappa shape index (κ3) is 5.34. The van der Waals surface area contributed by atoms with Crippen LogP contribution in [-0.2, 0) is 4.74 Å². The zero-order chi connectivity index (χ0) is 20.8. The molecule has 0 saturated heterocycles. The second-order valence-electron chi connectivity index (χ2n) is 6.28. The van der Waals surface area contributed by atoms with E-state index in [-0.39, 0.29) is 6.10 Å². The lowest BCUT2D eigenvalue weighted by Crippen LogP contribution is -2.05. The van der Waals surface area contributed by atoms with Gasteiger partial charge in [-0.05, 0) is 37.6 Å². The Hall–Kier alpha value is -2.90. The van der Waals surface area contributed by atoms with E-state index in [9.17, 15) is 4.79 Å². The number of hydrogen-bond donors (Lipinski definition) is 1. The SMILES string of the molecule is COC(=O)c1sc(N/N=C\c2ccc(OC(C)C)c(Cl)c2)nc1-c1ccccc1. The molecule has 8 heteroatoms. The number of esters is 1. The summed E-state index contributed by atoms with van der Waals surface area (Å²) in [5.41, 5.74) is 5.04. The molecule has 0 unspecified atom stereocenters. The fraction of sp³-hybridized carbons (Fsp3) is 0.190. The molecule has 0 aliphatic heterocycles. The van der Waals surface area contributed by atoms with Crippen molar-refractivity contribution in [2.24, 2.45) is 5.10 Å². The summed E-state index contributed by atoms with van der Waals surface area (Å²) in [6, 6.07) is 14.9. The van der Waals surface area contributed by atoms with Gasteiger partial charge in [0.15, 0.2) is 0 Å². The molecular weight excluding hydrogens is 410 g/mol. The summed E-state index contributed by atoms with van der Waals surface area (Å²) in [6.45, 7) is 3.88. The lowest BCUT2D eigenvalue weighted by atomic mass is 10.1. The maximum Gasteiger partial charge on any atom is 0.350 e. The van der Waals surface area contributed by atoms with Gasteiger partial charge in [0.25, 0.3) is 0 Å². The third-order valence-electron chi connectivity index (χ3n) is 3.74. The van der Waals surface area contributed by atoms with E-state index in [1.165, 1.54) is 18.4 Å². The Morgan fingerprint density at radius 2 is 2.00 bits per heavy atom. The first-order chi connectivity index (χ1) is 14.0. The zero-order valence-corrected chi connectivity index (χ0v) is 17.8. The van der Waals surface area contributed by atoms with Gasteiger partial charge in [0.1, 0.15) is 10.6 Å². The average molecular weight is 430 g/mol. The highest BCUT2D eigenvalue weighted by atomic mass is 35.5. The first-order valence-electron chi connectivity index (χ1n) is 8.87. The highest BCUT2D eigenvalue weighted by Gasteiger charge is 2.19. The summed E-state index contributed by atoms with van der Waals surface area (Å²) >= 11 is 7.42. The Bertz CT molecular complexity index is 1020. The molecule has 29 heavy (non-hydrogen) atoms. The Morgan fingerprint density at radius 3 is 2.66 bits per heavy atom. The van der Waals surface area contributed by atoms with E-state index in [0.717, 1.165) is 11.1 Å². The molecule has 0 bridgehead atoms. The normalized spacial score (nSPS) is 11.1.